The Morgan fingerprint density at radius 2 is 1.23 bits per heavy atom. The van der Waals surface area contributed by atoms with Gasteiger partial charge in [0.25, 0.3) is 0 Å². The summed E-state index contributed by atoms with van der Waals surface area (Å²) in [5.74, 6) is 1.36. The van der Waals surface area contributed by atoms with Gasteiger partial charge in [-0.25, -0.2) is 0 Å². The molecule has 1 aliphatic rings. The summed E-state index contributed by atoms with van der Waals surface area (Å²) in [6.07, 6.45) is 3.79. The second kappa shape index (κ2) is 11.7. The summed E-state index contributed by atoms with van der Waals surface area (Å²) in [5.41, 5.74) is 8.07. The Morgan fingerprint density at radius 1 is 0.721 bits per heavy atom. The molecular formula is C40H46O3. The summed E-state index contributed by atoms with van der Waals surface area (Å²) >= 11 is 0. The SMILES string of the molecule is CCCCC(C)(C)C(=O)Oc1ccc(C2(c3ccc(OC(C)(C)CC)c(C)c3)c3ccccc3-c3ccccc32)cc1C. The molecule has 0 aliphatic heterocycles. The van der Waals surface area contributed by atoms with Gasteiger partial charge in [0.2, 0.25) is 0 Å². The maximum Gasteiger partial charge on any atom is 0.316 e. The predicted octanol–water partition coefficient (Wildman–Crippen LogP) is 10.4. The number of rotatable bonds is 10. The molecule has 43 heavy (non-hydrogen) atoms. The third-order valence-electron chi connectivity index (χ3n) is 9.32. The summed E-state index contributed by atoms with van der Waals surface area (Å²) in [5, 5.41) is 0. The molecule has 0 aromatic heterocycles. The summed E-state index contributed by atoms with van der Waals surface area (Å²) in [4.78, 5) is 13.2. The maximum absolute atomic E-state index is 13.2. The van der Waals surface area contributed by atoms with Crippen molar-refractivity contribution >= 4 is 5.97 Å². The fourth-order valence-corrected chi connectivity index (χ4v) is 6.35. The van der Waals surface area contributed by atoms with Crippen molar-refractivity contribution in [1.82, 2.24) is 0 Å². The van der Waals surface area contributed by atoms with Crippen LogP contribution in [-0.2, 0) is 10.2 Å². The van der Waals surface area contributed by atoms with E-state index in [1.165, 1.54) is 27.8 Å². The Labute approximate surface area is 258 Å². The van der Waals surface area contributed by atoms with E-state index in [9.17, 15) is 4.79 Å². The van der Waals surface area contributed by atoms with E-state index < -0.39 is 10.8 Å². The molecule has 0 amide bonds. The first-order chi connectivity index (χ1) is 20.4. The van der Waals surface area contributed by atoms with E-state index in [1.807, 2.05) is 26.8 Å². The molecule has 5 rings (SSSR count). The van der Waals surface area contributed by atoms with E-state index in [2.05, 4.69) is 113 Å². The highest BCUT2D eigenvalue weighted by molar-refractivity contribution is 5.86. The number of aryl methyl sites for hydroxylation is 2. The van der Waals surface area contributed by atoms with E-state index in [0.29, 0.717) is 5.75 Å². The number of fused-ring (bicyclic) bond motifs is 3. The molecule has 3 heteroatoms. The van der Waals surface area contributed by atoms with Crippen molar-refractivity contribution in [2.24, 2.45) is 5.41 Å². The largest absolute Gasteiger partial charge is 0.488 e. The molecule has 0 atom stereocenters. The highest BCUT2D eigenvalue weighted by Crippen LogP contribution is 2.56. The summed E-state index contributed by atoms with van der Waals surface area (Å²) in [7, 11) is 0. The molecule has 1 aliphatic carbocycles. The number of carbonyl (C=O) groups is 1. The van der Waals surface area contributed by atoms with Gasteiger partial charge in [-0.15, -0.1) is 0 Å². The van der Waals surface area contributed by atoms with Crippen LogP contribution in [0.2, 0.25) is 0 Å². The van der Waals surface area contributed by atoms with Crippen molar-refractivity contribution < 1.29 is 14.3 Å². The first kappa shape index (κ1) is 30.6. The zero-order valence-electron chi connectivity index (χ0n) is 27.1. The first-order valence-corrected chi connectivity index (χ1v) is 15.8. The van der Waals surface area contributed by atoms with Gasteiger partial charge in [0.1, 0.15) is 17.1 Å². The van der Waals surface area contributed by atoms with Gasteiger partial charge in [0.05, 0.1) is 10.8 Å². The molecule has 224 valence electrons. The lowest BCUT2D eigenvalue weighted by Gasteiger charge is -2.35. The Kier molecular flexibility index (Phi) is 8.31. The number of benzene rings is 4. The van der Waals surface area contributed by atoms with Crippen LogP contribution in [-0.4, -0.2) is 11.6 Å². The van der Waals surface area contributed by atoms with E-state index in [-0.39, 0.29) is 11.6 Å². The zero-order chi connectivity index (χ0) is 31.0. The average Bonchev–Trinajstić information content (AvgIpc) is 3.29. The first-order valence-electron chi connectivity index (χ1n) is 15.8. The van der Waals surface area contributed by atoms with Crippen LogP contribution in [0.1, 0.15) is 101 Å². The van der Waals surface area contributed by atoms with Crippen molar-refractivity contribution in [3.05, 3.63) is 118 Å². The molecule has 4 aromatic rings. The van der Waals surface area contributed by atoms with Crippen LogP contribution in [0.25, 0.3) is 11.1 Å². The van der Waals surface area contributed by atoms with Gasteiger partial charge in [0, 0.05) is 0 Å². The normalized spacial score (nSPS) is 13.8. The van der Waals surface area contributed by atoms with Crippen LogP contribution in [0.4, 0.5) is 0 Å². The van der Waals surface area contributed by atoms with Crippen molar-refractivity contribution in [2.75, 3.05) is 0 Å². The van der Waals surface area contributed by atoms with Gasteiger partial charge in [-0.05, 0) is 111 Å². The molecule has 0 heterocycles. The zero-order valence-corrected chi connectivity index (χ0v) is 27.1. The number of ether oxygens (including phenoxy) is 2. The number of hydrogen-bond acceptors (Lipinski definition) is 3. The van der Waals surface area contributed by atoms with Crippen molar-refractivity contribution in [3.8, 4) is 22.6 Å². The number of carbonyl (C=O) groups excluding carboxylic acids is 1. The second-order valence-corrected chi connectivity index (χ2v) is 13.4. The lowest BCUT2D eigenvalue weighted by molar-refractivity contribution is -0.144. The Balaban J connectivity index is 1.67. The fourth-order valence-electron chi connectivity index (χ4n) is 6.35. The molecule has 0 bridgehead atoms. The van der Waals surface area contributed by atoms with Gasteiger partial charge in [-0.2, -0.15) is 0 Å². The molecule has 0 unspecified atom stereocenters. The summed E-state index contributed by atoms with van der Waals surface area (Å²) in [6.45, 7) is 16.7. The molecule has 0 saturated carbocycles. The fraction of sp³-hybridized carbons (Fsp3) is 0.375. The van der Waals surface area contributed by atoms with Crippen LogP contribution in [0.5, 0.6) is 11.5 Å². The predicted molar refractivity (Wildman–Crippen MR) is 177 cm³/mol. The Morgan fingerprint density at radius 3 is 1.72 bits per heavy atom. The minimum Gasteiger partial charge on any atom is -0.488 e. The highest BCUT2D eigenvalue weighted by atomic mass is 16.5. The van der Waals surface area contributed by atoms with Gasteiger partial charge >= 0.3 is 5.97 Å². The van der Waals surface area contributed by atoms with Crippen molar-refractivity contribution in [3.63, 3.8) is 0 Å². The molecule has 0 radical (unpaired) electrons. The van der Waals surface area contributed by atoms with Crippen LogP contribution in [0, 0.1) is 19.3 Å². The third-order valence-corrected chi connectivity index (χ3v) is 9.32. The monoisotopic (exact) mass is 574 g/mol. The third kappa shape index (κ3) is 5.51. The Hall–Kier alpha value is -3.85. The smallest absolute Gasteiger partial charge is 0.316 e. The van der Waals surface area contributed by atoms with Gasteiger partial charge in [-0.3, -0.25) is 4.79 Å². The van der Waals surface area contributed by atoms with Crippen molar-refractivity contribution in [1.29, 1.82) is 0 Å². The molecule has 4 aromatic carbocycles. The highest BCUT2D eigenvalue weighted by Gasteiger charge is 2.46. The molecule has 0 spiro atoms. The summed E-state index contributed by atoms with van der Waals surface area (Å²) in [6, 6.07) is 30.5. The van der Waals surface area contributed by atoms with Gasteiger partial charge in [-0.1, -0.05) is 99.5 Å². The lowest BCUT2D eigenvalue weighted by Crippen LogP contribution is -2.30. The topological polar surface area (TPSA) is 35.5 Å². The van der Waals surface area contributed by atoms with E-state index in [0.717, 1.165) is 48.1 Å². The molecule has 3 nitrogen and oxygen atoms in total. The van der Waals surface area contributed by atoms with Crippen molar-refractivity contribution in [2.45, 2.75) is 92.1 Å². The summed E-state index contributed by atoms with van der Waals surface area (Å²) < 4.78 is 12.5. The standard InChI is InChI=1S/C40H46O3/c1-9-11-24-38(5,6)37(41)42-35-22-20-29(25-27(35)3)40(30-21-23-36(28(4)26-30)43-39(7,8)10-2)33-18-14-12-16-31(33)32-17-13-15-19-34(32)40/h12-23,25-26H,9-11,24H2,1-8H3. The number of hydrogen-bond donors (Lipinski definition) is 0. The van der Waals surface area contributed by atoms with Crippen LogP contribution >= 0.6 is 0 Å². The van der Waals surface area contributed by atoms with Crippen LogP contribution in [0.3, 0.4) is 0 Å². The maximum atomic E-state index is 13.2. The minimum atomic E-state index is -0.537. The molecule has 0 fully saturated rings. The number of unbranched alkanes of at least 4 members (excludes halogenated alkanes) is 1. The number of esters is 1. The molecule has 0 saturated heterocycles. The molecule has 0 N–H and O–H groups in total. The van der Waals surface area contributed by atoms with Gasteiger partial charge < -0.3 is 9.47 Å². The Bertz CT molecular complexity index is 1600. The second-order valence-electron chi connectivity index (χ2n) is 13.4. The quantitative estimate of drug-likeness (QED) is 0.123. The lowest BCUT2D eigenvalue weighted by atomic mass is 9.67. The van der Waals surface area contributed by atoms with Crippen LogP contribution in [0.15, 0.2) is 84.9 Å². The van der Waals surface area contributed by atoms with E-state index in [4.69, 9.17) is 9.47 Å². The van der Waals surface area contributed by atoms with Crippen LogP contribution < -0.4 is 9.47 Å². The van der Waals surface area contributed by atoms with E-state index in [1.54, 1.807) is 0 Å². The van der Waals surface area contributed by atoms with Gasteiger partial charge in [0.15, 0.2) is 0 Å². The minimum absolute atomic E-state index is 0.177. The van der Waals surface area contributed by atoms with E-state index >= 15 is 0 Å². The average molecular weight is 575 g/mol. The molecular weight excluding hydrogens is 528 g/mol.